The van der Waals surface area contributed by atoms with Gasteiger partial charge < -0.3 is 9.64 Å². The van der Waals surface area contributed by atoms with Crippen LogP contribution in [0.25, 0.3) is 0 Å². The molecule has 0 aromatic heterocycles. The Kier molecular flexibility index (Phi) is 7.16. The van der Waals surface area contributed by atoms with E-state index in [1.54, 1.807) is 18.2 Å². The number of nitriles is 1. The molecule has 0 atom stereocenters. The fraction of sp³-hybridized carbons (Fsp3) is 0.500. The first-order valence-corrected chi connectivity index (χ1v) is 8.86. The second-order valence-corrected chi connectivity index (χ2v) is 6.58. The SMILES string of the molecule is CC(C)Oc1cccc(C(=O)NC(=S)N2CCN(CCC#N)CC2)c1. The molecule has 1 saturated heterocycles. The molecule has 1 aromatic rings. The molecule has 6 nitrogen and oxygen atoms in total. The normalized spacial score (nSPS) is 14.9. The summed E-state index contributed by atoms with van der Waals surface area (Å²) >= 11 is 5.37. The van der Waals surface area contributed by atoms with Crippen molar-refractivity contribution in [3.8, 4) is 11.8 Å². The molecule has 1 amide bonds. The lowest BCUT2D eigenvalue weighted by atomic mass is 10.2. The molecule has 1 fully saturated rings. The number of rotatable bonds is 5. The quantitative estimate of drug-likeness (QED) is 0.810. The summed E-state index contributed by atoms with van der Waals surface area (Å²) in [6.07, 6.45) is 0.590. The van der Waals surface area contributed by atoms with Gasteiger partial charge in [0, 0.05) is 44.7 Å². The highest BCUT2D eigenvalue weighted by molar-refractivity contribution is 7.80. The van der Waals surface area contributed by atoms with Gasteiger partial charge >= 0.3 is 0 Å². The lowest BCUT2D eigenvalue weighted by Crippen LogP contribution is -2.52. The van der Waals surface area contributed by atoms with E-state index in [2.05, 4.69) is 16.3 Å². The van der Waals surface area contributed by atoms with Crippen molar-refractivity contribution in [2.75, 3.05) is 32.7 Å². The Morgan fingerprint density at radius 2 is 2.08 bits per heavy atom. The zero-order valence-corrected chi connectivity index (χ0v) is 15.5. The van der Waals surface area contributed by atoms with Gasteiger partial charge in [-0.1, -0.05) is 6.07 Å². The van der Waals surface area contributed by atoms with Crippen molar-refractivity contribution in [2.45, 2.75) is 26.4 Å². The lowest BCUT2D eigenvalue weighted by molar-refractivity contribution is 0.0969. The monoisotopic (exact) mass is 360 g/mol. The van der Waals surface area contributed by atoms with E-state index in [1.165, 1.54) is 0 Å². The van der Waals surface area contributed by atoms with Crippen molar-refractivity contribution in [3.05, 3.63) is 29.8 Å². The Bertz CT molecular complexity index is 649. The second kappa shape index (κ2) is 9.35. The van der Waals surface area contributed by atoms with Gasteiger partial charge in [-0.25, -0.2) is 0 Å². The number of amides is 1. The number of hydrogen-bond donors (Lipinski definition) is 1. The third kappa shape index (κ3) is 6.00. The first kappa shape index (κ1) is 19.2. The molecule has 7 heteroatoms. The van der Waals surface area contributed by atoms with Crippen molar-refractivity contribution >= 4 is 23.2 Å². The average Bonchev–Trinajstić information content (AvgIpc) is 2.60. The first-order chi connectivity index (χ1) is 12.0. The highest BCUT2D eigenvalue weighted by Gasteiger charge is 2.20. The Labute approximate surface area is 154 Å². The van der Waals surface area contributed by atoms with Crippen molar-refractivity contribution < 1.29 is 9.53 Å². The van der Waals surface area contributed by atoms with Gasteiger partial charge in [-0.2, -0.15) is 5.26 Å². The zero-order valence-electron chi connectivity index (χ0n) is 14.7. The number of hydrogen-bond acceptors (Lipinski definition) is 5. The molecule has 2 rings (SSSR count). The number of nitrogens with one attached hydrogen (secondary N) is 1. The van der Waals surface area contributed by atoms with Gasteiger partial charge in [0.1, 0.15) is 5.75 Å². The molecule has 25 heavy (non-hydrogen) atoms. The number of piperazine rings is 1. The van der Waals surface area contributed by atoms with E-state index in [-0.39, 0.29) is 12.0 Å². The minimum absolute atomic E-state index is 0.0525. The molecule has 0 unspecified atom stereocenters. The van der Waals surface area contributed by atoms with Gasteiger partial charge in [-0.3, -0.25) is 15.0 Å². The Balaban J connectivity index is 1.86. The maximum atomic E-state index is 12.4. The van der Waals surface area contributed by atoms with Crippen LogP contribution in [0.5, 0.6) is 5.75 Å². The molecule has 1 N–H and O–H groups in total. The molecule has 0 bridgehead atoms. The maximum absolute atomic E-state index is 12.4. The smallest absolute Gasteiger partial charge is 0.257 e. The largest absolute Gasteiger partial charge is 0.491 e. The molecule has 0 aliphatic carbocycles. The third-order valence-electron chi connectivity index (χ3n) is 3.89. The minimum Gasteiger partial charge on any atom is -0.491 e. The number of benzene rings is 1. The van der Waals surface area contributed by atoms with E-state index in [0.29, 0.717) is 22.8 Å². The van der Waals surface area contributed by atoms with Crippen LogP contribution in [0, 0.1) is 11.3 Å². The zero-order chi connectivity index (χ0) is 18.2. The molecule has 1 aromatic carbocycles. The van der Waals surface area contributed by atoms with E-state index in [1.807, 2.05) is 24.8 Å². The van der Waals surface area contributed by atoms with Crippen LogP contribution in [0.4, 0.5) is 0 Å². The van der Waals surface area contributed by atoms with E-state index in [9.17, 15) is 4.79 Å². The summed E-state index contributed by atoms with van der Waals surface area (Å²) in [4.78, 5) is 16.6. The Morgan fingerprint density at radius 1 is 1.36 bits per heavy atom. The molecule has 0 spiro atoms. The van der Waals surface area contributed by atoms with E-state index < -0.39 is 0 Å². The topological polar surface area (TPSA) is 68.6 Å². The average molecular weight is 360 g/mol. The molecular formula is C18H24N4O2S. The van der Waals surface area contributed by atoms with Crippen molar-refractivity contribution in [3.63, 3.8) is 0 Å². The number of thiocarbonyl (C=S) groups is 1. The second-order valence-electron chi connectivity index (χ2n) is 6.19. The van der Waals surface area contributed by atoms with Crippen LogP contribution in [0.15, 0.2) is 24.3 Å². The van der Waals surface area contributed by atoms with E-state index >= 15 is 0 Å². The molecule has 1 heterocycles. The predicted octanol–water partition coefficient (Wildman–Crippen LogP) is 2.02. The van der Waals surface area contributed by atoms with Gasteiger partial charge in [0.15, 0.2) is 5.11 Å². The highest BCUT2D eigenvalue weighted by atomic mass is 32.1. The van der Waals surface area contributed by atoms with Crippen molar-refractivity contribution in [2.24, 2.45) is 0 Å². The number of carbonyl (C=O) groups excluding carboxylic acids is 1. The lowest BCUT2D eigenvalue weighted by Gasteiger charge is -2.35. The molecule has 134 valence electrons. The van der Waals surface area contributed by atoms with Crippen LogP contribution in [-0.4, -0.2) is 59.6 Å². The van der Waals surface area contributed by atoms with E-state index in [0.717, 1.165) is 32.7 Å². The van der Waals surface area contributed by atoms with Crippen LogP contribution in [0.2, 0.25) is 0 Å². The van der Waals surface area contributed by atoms with Gasteiger partial charge in [-0.15, -0.1) is 0 Å². The molecular weight excluding hydrogens is 336 g/mol. The van der Waals surface area contributed by atoms with Crippen LogP contribution in [0.3, 0.4) is 0 Å². The van der Waals surface area contributed by atoms with Crippen LogP contribution >= 0.6 is 12.2 Å². The van der Waals surface area contributed by atoms with Crippen molar-refractivity contribution in [1.29, 1.82) is 5.26 Å². The summed E-state index contributed by atoms with van der Waals surface area (Å²) in [6, 6.07) is 9.25. The molecule has 1 aliphatic heterocycles. The summed E-state index contributed by atoms with van der Waals surface area (Å²) in [5.74, 6) is 0.436. The maximum Gasteiger partial charge on any atom is 0.257 e. The van der Waals surface area contributed by atoms with Crippen LogP contribution in [-0.2, 0) is 0 Å². The van der Waals surface area contributed by atoms with Gasteiger partial charge in [0.2, 0.25) is 0 Å². The standard InChI is InChI=1S/C18H24N4O2S/c1-14(2)24-16-6-3-5-15(13-16)17(23)20-18(25)22-11-9-21(10-12-22)8-4-7-19/h3,5-6,13-14H,4,8-12H2,1-2H3,(H,20,23,25). The summed E-state index contributed by atoms with van der Waals surface area (Å²) in [5.41, 5.74) is 0.521. The molecule has 1 aliphatic rings. The van der Waals surface area contributed by atoms with Crippen LogP contribution < -0.4 is 10.1 Å². The molecule has 0 radical (unpaired) electrons. The Hall–Kier alpha value is -2.17. The van der Waals surface area contributed by atoms with Gasteiger partial charge in [-0.05, 0) is 44.3 Å². The van der Waals surface area contributed by atoms with Crippen LogP contribution in [0.1, 0.15) is 30.6 Å². The summed E-state index contributed by atoms with van der Waals surface area (Å²) < 4.78 is 5.62. The van der Waals surface area contributed by atoms with Gasteiger partial charge in [0.25, 0.3) is 5.91 Å². The molecule has 0 saturated carbocycles. The van der Waals surface area contributed by atoms with Gasteiger partial charge in [0.05, 0.1) is 12.2 Å². The fourth-order valence-corrected chi connectivity index (χ4v) is 2.89. The summed E-state index contributed by atoms with van der Waals surface area (Å²) in [7, 11) is 0. The number of nitrogens with zero attached hydrogens (tertiary/aromatic N) is 3. The highest BCUT2D eigenvalue weighted by Crippen LogP contribution is 2.15. The Morgan fingerprint density at radius 3 is 2.72 bits per heavy atom. The number of carbonyl (C=O) groups is 1. The fourth-order valence-electron chi connectivity index (χ4n) is 2.61. The predicted molar refractivity (Wildman–Crippen MR) is 101 cm³/mol. The number of ether oxygens (including phenoxy) is 1. The summed E-state index contributed by atoms with van der Waals surface area (Å²) in [6.45, 7) is 7.86. The third-order valence-corrected chi connectivity index (χ3v) is 4.25. The first-order valence-electron chi connectivity index (χ1n) is 8.46. The van der Waals surface area contributed by atoms with Crippen molar-refractivity contribution in [1.82, 2.24) is 15.1 Å². The minimum atomic E-state index is -0.230. The summed E-state index contributed by atoms with van der Waals surface area (Å²) in [5, 5.41) is 11.9. The van der Waals surface area contributed by atoms with E-state index in [4.69, 9.17) is 22.2 Å².